The molecule has 1 aromatic carbocycles. The molecule has 7 heteroatoms. The van der Waals surface area contributed by atoms with E-state index in [2.05, 4.69) is 10.4 Å². The van der Waals surface area contributed by atoms with Crippen LogP contribution in [0.3, 0.4) is 0 Å². The fourth-order valence-corrected chi connectivity index (χ4v) is 2.42. The van der Waals surface area contributed by atoms with E-state index < -0.39 is 5.92 Å². The number of rotatable bonds is 5. The van der Waals surface area contributed by atoms with Crippen LogP contribution in [0.5, 0.6) is 0 Å². The maximum atomic E-state index is 12.4. The summed E-state index contributed by atoms with van der Waals surface area (Å²) in [6.45, 7) is 1.80. The smallest absolute Gasteiger partial charge is 0.266 e. The monoisotopic (exact) mass is 348 g/mol. The SMILES string of the molecule is CC(Cn1nc(-c2ccco2)ccc1=O)C(=O)Nc1ccccc1C#N. The molecule has 0 aliphatic rings. The highest BCUT2D eigenvalue weighted by Crippen LogP contribution is 2.17. The third kappa shape index (κ3) is 3.70. The second-order valence-corrected chi connectivity index (χ2v) is 5.76. The van der Waals surface area contributed by atoms with Gasteiger partial charge in [0.2, 0.25) is 5.91 Å². The lowest BCUT2D eigenvalue weighted by atomic mass is 10.1. The minimum absolute atomic E-state index is 0.105. The van der Waals surface area contributed by atoms with Crippen molar-refractivity contribution in [3.8, 4) is 17.5 Å². The van der Waals surface area contributed by atoms with Gasteiger partial charge in [0, 0.05) is 6.07 Å². The third-order valence-electron chi connectivity index (χ3n) is 3.84. The van der Waals surface area contributed by atoms with E-state index in [1.807, 2.05) is 6.07 Å². The number of carbonyl (C=O) groups excluding carboxylic acids is 1. The first-order chi connectivity index (χ1) is 12.6. The van der Waals surface area contributed by atoms with Crippen molar-refractivity contribution in [1.82, 2.24) is 9.78 Å². The van der Waals surface area contributed by atoms with Crippen molar-refractivity contribution in [3.63, 3.8) is 0 Å². The maximum absolute atomic E-state index is 12.4. The van der Waals surface area contributed by atoms with E-state index in [9.17, 15) is 9.59 Å². The zero-order valence-corrected chi connectivity index (χ0v) is 14.0. The van der Waals surface area contributed by atoms with Gasteiger partial charge in [-0.1, -0.05) is 19.1 Å². The Labute approximate surface area is 149 Å². The number of hydrogen-bond donors (Lipinski definition) is 1. The van der Waals surface area contributed by atoms with Gasteiger partial charge in [-0.15, -0.1) is 0 Å². The summed E-state index contributed by atoms with van der Waals surface area (Å²) >= 11 is 0. The topological polar surface area (TPSA) is 101 Å². The Morgan fingerprint density at radius 1 is 1.27 bits per heavy atom. The zero-order chi connectivity index (χ0) is 18.5. The summed E-state index contributed by atoms with van der Waals surface area (Å²) in [5.41, 5.74) is 1.02. The van der Waals surface area contributed by atoms with Crippen molar-refractivity contribution >= 4 is 11.6 Å². The number of hydrogen-bond acceptors (Lipinski definition) is 5. The number of carbonyl (C=O) groups is 1. The molecule has 1 atom stereocenters. The number of para-hydroxylation sites is 1. The van der Waals surface area contributed by atoms with Crippen molar-refractivity contribution in [2.24, 2.45) is 5.92 Å². The lowest BCUT2D eigenvalue weighted by Gasteiger charge is -2.14. The Hall–Kier alpha value is -3.66. The normalized spacial score (nSPS) is 11.5. The van der Waals surface area contributed by atoms with Crippen molar-refractivity contribution in [2.45, 2.75) is 13.5 Å². The second kappa shape index (κ2) is 7.49. The number of benzene rings is 1. The number of aromatic nitrogens is 2. The molecule has 7 nitrogen and oxygen atoms in total. The Balaban J connectivity index is 1.76. The average molecular weight is 348 g/mol. The average Bonchev–Trinajstić information content (AvgIpc) is 3.18. The van der Waals surface area contributed by atoms with Crippen LogP contribution in [0.25, 0.3) is 11.5 Å². The molecule has 2 aromatic heterocycles. The first-order valence-corrected chi connectivity index (χ1v) is 8.00. The van der Waals surface area contributed by atoms with Gasteiger partial charge in [-0.25, -0.2) is 4.68 Å². The summed E-state index contributed by atoms with van der Waals surface area (Å²) in [7, 11) is 0. The predicted molar refractivity (Wildman–Crippen MR) is 95.1 cm³/mol. The zero-order valence-electron chi connectivity index (χ0n) is 14.0. The van der Waals surface area contributed by atoms with Crippen LogP contribution in [-0.2, 0) is 11.3 Å². The Morgan fingerprint density at radius 3 is 2.81 bits per heavy atom. The lowest BCUT2D eigenvalue weighted by molar-refractivity contribution is -0.119. The van der Waals surface area contributed by atoms with Crippen LogP contribution in [-0.4, -0.2) is 15.7 Å². The molecule has 0 spiro atoms. The van der Waals surface area contributed by atoms with Crippen LogP contribution in [0.1, 0.15) is 12.5 Å². The maximum Gasteiger partial charge on any atom is 0.266 e. The highest BCUT2D eigenvalue weighted by molar-refractivity contribution is 5.93. The number of nitrogens with zero attached hydrogens (tertiary/aromatic N) is 3. The fraction of sp³-hybridized carbons (Fsp3) is 0.158. The van der Waals surface area contributed by atoms with Gasteiger partial charge in [0.15, 0.2) is 5.76 Å². The lowest BCUT2D eigenvalue weighted by Crippen LogP contribution is -2.31. The molecule has 130 valence electrons. The van der Waals surface area contributed by atoms with E-state index in [1.54, 1.807) is 49.4 Å². The van der Waals surface area contributed by atoms with Gasteiger partial charge < -0.3 is 9.73 Å². The molecule has 2 heterocycles. The van der Waals surface area contributed by atoms with Crippen molar-refractivity contribution in [3.05, 3.63) is 70.7 Å². The number of furan rings is 1. The summed E-state index contributed by atoms with van der Waals surface area (Å²) in [5.74, 6) is -0.289. The summed E-state index contributed by atoms with van der Waals surface area (Å²) < 4.78 is 6.52. The largest absolute Gasteiger partial charge is 0.463 e. The quantitative estimate of drug-likeness (QED) is 0.764. The molecule has 0 saturated carbocycles. The molecule has 0 radical (unpaired) electrons. The van der Waals surface area contributed by atoms with Gasteiger partial charge in [-0.3, -0.25) is 9.59 Å². The van der Waals surface area contributed by atoms with E-state index >= 15 is 0 Å². The number of amides is 1. The minimum atomic E-state index is -0.529. The van der Waals surface area contributed by atoms with Gasteiger partial charge in [0.05, 0.1) is 30.0 Å². The predicted octanol–water partition coefficient (Wildman–Crippen LogP) is 2.65. The van der Waals surface area contributed by atoms with Crippen LogP contribution < -0.4 is 10.9 Å². The van der Waals surface area contributed by atoms with Crippen LogP contribution in [0.15, 0.2) is 64.0 Å². The molecule has 0 aliphatic carbocycles. The summed E-state index contributed by atoms with van der Waals surface area (Å²) in [6.07, 6.45) is 1.52. The first kappa shape index (κ1) is 17.2. The van der Waals surface area contributed by atoms with Crippen LogP contribution >= 0.6 is 0 Å². The molecule has 1 unspecified atom stereocenters. The molecule has 26 heavy (non-hydrogen) atoms. The number of nitriles is 1. The van der Waals surface area contributed by atoms with E-state index in [4.69, 9.17) is 9.68 Å². The highest BCUT2D eigenvalue weighted by Gasteiger charge is 2.17. The van der Waals surface area contributed by atoms with E-state index in [-0.39, 0.29) is 18.0 Å². The van der Waals surface area contributed by atoms with Gasteiger partial charge in [-0.05, 0) is 30.3 Å². The van der Waals surface area contributed by atoms with Gasteiger partial charge in [0.25, 0.3) is 5.56 Å². The van der Waals surface area contributed by atoms with Gasteiger partial charge in [-0.2, -0.15) is 10.4 Å². The van der Waals surface area contributed by atoms with E-state index in [0.717, 1.165) is 0 Å². The van der Waals surface area contributed by atoms with Crippen LogP contribution in [0.4, 0.5) is 5.69 Å². The number of nitrogens with one attached hydrogen (secondary N) is 1. The molecule has 1 amide bonds. The van der Waals surface area contributed by atoms with Crippen LogP contribution in [0.2, 0.25) is 0 Å². The Kier molecular flexibility index (Phi) is 4.94. The molecule has 0 fully saturated rings. The van der Waals surface area contributed by atoms with Gasteiger partial charge in [0.1, 0.15) is 11.8 Å². The molecule has 3 aromatic rings. The summed E-state index contributed by atoms with van der Waals surface area (Å²) in [6, 6.07) is 15.2. The van der Waals surface area contributed by atoms with E-state index in [0.29, 0.717) is 22.7 Å². The first-order valence-electron chi connectivity index (χ1n) is 8.00. The van der Waals surface area contributed by atoms with E-state index in [1.165, 1.54) is 17.0 Å². The third-order valence-corrected chi connectivity index (χ3v) is 3.84. The molecular formula is C19H16N4O3. The Morgan fingerprint density at radius 2 is 2.08 bits per heavy atom. The standard InChI is InChI=1S/C19H16N4O3/c1-13(19(25)21-15-6-3-2-5-14(15)11-20)12-23-18(24)9-8-16(22-23)17-7-4-10-26-17/h2-10,13H,12H2,1H3,(H,21,25). The second-order valence-electron chi connectivity index (χ2n) is 5.76. The number of anilines is 1. The molecule has 0 aliphatic heterocycles. The molecular weight excluding hydrogens is 332 g/mol. The van der Waals surface area contributed by atoms with Gasteiger partial charge >= 0.3 is 0 Å². The molecule has 0 bridgehead atoms. The molecule has 3 rings (SSSR count). The van der Waals surface area contributed by atoms with Crippen molar-refractivity contribution < 1.29 is 9.21 Å². The van der Waals surface area contributed by atoms with Crippen molar-refractivity contribution in [1.29, 1.82) is 5.26 Å². The van der Waals surface area contributed by atoms with Crippen LogP contribution in [0, 0.1) is 17.2 Å². The summed E-state index contributed by atoms with van der Waals surface area (Å²) in [4.78, 5) is 24.5. The molecule has 1 N–H and O–H groups in total. The fourth-order valence-electron chi connectivity index (χ4n) is 2.42. The van der Waals surface area contributed by atoms with Crippen molar-refractivity contribution in [2.75, 3.05) is 5.32 Å². The summed E-state index contributed by atoms with van der Waals surface area (Å²) in [5, 5.41) is 16.1. The Bertz CT molecular complexity index is 1020. The minimum Gasteiger partial charge on any atom is -0.463 e. The highest BCUT2D eigenvalue weighted by atomic mass is 16.3. The molecule has 0 saturated heterocycles.